The topological polar surface area (TPSA) is 56.5 Å². The maximum atomic E-state index is 5.61. The zero-order chi connectivity index (χ0) is 13.2. The van der Waals surface area contributed by atoms with Gasteiger partial charge in [-0.25, -0.2) is 0 Å². The lowest BCUT2D eigenvalue weighted by atomic mass is 10.2. The van der Waals surface area contributed by atoms with Crippen LogP contribution in [0.4, 0.5) is 0 Å². The highest BCUT2D eigenvalue weighted by Gasteiger charge is 2.00. The van der Waals surface area contributed by atoms with E-state index in [-0.39, 0.29) is 0 Å². The summed E-state index contributed by atoms with van der Waals surface area (Å²) in [5.41, 5.74) is 6.56. The Bertz CT molecular complexity index is 348. The van der Waals surface area contributed by atoms with Gasteiger partial charge in [0, 0.05) is 19.6 Å². The third-order valence-electron chi connectivity index (χ3n) is 2.32. The van der Waals surface area contributed by atoms with E-state index >= 15 is 0 Å². The van der Waals surface area contributed by atoms with Crippen LogP contribution in [0.15, 0.2) is 22.7 Å². The Hall–Kier alpha value is -0.620. The summed E-state index contributed by atoms with van der Waals surface area (Å²) < 4.78 is 12.0. The first-order chi connectivity index (χ1) is 8.74. The van der Waals surface area contributed by atoms with Gasteiger partial charge >= 0.3 is 0 Å². The van der Waals surface area contributed by atoms with Crippen LogP contribution in [-0.2, 0) is 4.74 Å². The van der Waals surface area contributed by atoms with Gasteiger partial charge in [0.1, 0.15) is 12.4 Å². The summed E-state index contributed by atoms with van der Waals surface area (Å²) in [6.45, 7) is 6.18. The summed E-state index contributed by atoms with van der Waals surface area (Å²) in [5.74, 6) is 0.852. The molecule has 0 amide bonds. The summed E-state index contributed by atoms with van der Waals surface area (Å²) in [6, 6.07) is 6.02. The number of ether oxygens (including phenoxy) is 2. The van der Waals surface area contributed by atoms with Crippen LogP contribution >= 0.6 is 15.9 Å². The van der Waals surface area contributed by atoms with E-state index in [1.165, 1.54) is 5.56 Å². The van der Waals surface area contributed by atoms with Crippen molar-refractivity contribution in [2.24, 2.45) is 5.73 Å². The Balaban J connectivity index is 2.07. The van der Waals surface area contributed by atoms with Crippen molar-refractivity contribution in [3.05, 3.63) is 28.2 Å². The predicted molar refractivity (Wildman–Crippen MR) is 77.1 cm³/mol. The average Bonchev–Trinajstić information content (AvgIpc) is 2.35. The van der Waals surface area contributed by atoms with Gasteiger partial charge in [-0.15, -0.1) is 0 Å². The molecule has 0 spiro atoms. The maximum Gasteiger partial charge on any atom is 0.133 e. The highest BCUT2D eigenvalue weighted by molar-refractivity contribution is 9.10. The quantitative estimate of drug-likeness (QED) is 0.681. The molecule has 0 aliphatic rings. The number of benzene rings is 1. The first-order valence-electron chi connectivity index (χ1n) is 6.11. The van der Waals surface area contributed by atoms with E-state index in [1.54, 1.807) is 0 Å². The van der Waals surface area contributed by atoms with Crippen LogP contribution < -0.4 is 15.8 Å². The molecule has 18 heavy (non-hydrogen) atoms. The van der Waals surface area contributed by atoms with Gasteiger partial charge in [0.25, 0.3) is 0 Å². The number of nitrogens with one attached hydrogen (secondary N) is 1. The molecule has 0 radical (unpaired) electrons. The lowest BCUT2D eigenvalue weighted by molar-refractivity contribution is 0.102. The smallest absolute Gasteiger partial charge is 0.133 e. The third-order valence-corrected chi connectivity index (χ3v) is 2.94. The van der Waals surface area contributed by atoms with Crippen LogP contribution in [0.1, 0.15) is 5.56 Å². The second-order valence-corrected chi connectivity index (χ2v) is 4.79. The van der Waals surface area contributed by atoms with Crippen LogP contribution in [0, 0.1) is 6.92 Å². The molecule has 0 saturated heterocycles. The predicted octanol–water partition coefficient (Wildman–Crippen LogP) is 1.70. The lowest BCUT2D eigenvalue weighted by Crippen LogP contribution is -2.26. The van der Waals surface area contributed by atoms with Gasteiger partial charge in [0.2, 0.25) is 0 Å². The molecule has 5 heteroatoms. The standard InChI is InChI=1S/C13H21BrN2O2/c1-11-2-3-13(12(14)10-11)18-9-8-17-7-6-16-5-4-15/h2-3,10,16H,4-9,15H2,1H3. The first kappa shape index (κ1) is 15.4. The SMILES string of the molecule is Cc1ccc(OCCOCCNCCN)c(Br)c1. The van der Waals surface area contributed by atoms with Gasteiger partial charge in [0.05, 0.1) is 17.7 Å². The number of rotatable bonds is 9. The van der Waals surface area contributed by atoms with E-state index < -0.39 is 0 Å². The summed E-state index contributed by atoms with van der Waals surface area (Å²) in [6.07, 6.45) is 0. The molecule has 0 fully saturated rings. The normalized spacial score (nSPS) is 10.6. The van der Waals surface area contributed by atoms with Crippen molar-refractivity contribution in [2.45, 2.75) is 6.92 Å². The second-order valence-electron chi connectivity index (χ2n) is 3.93. The van der Waals surface area contributed by atoms with Crippen molar-refractivity contribution >= 4 is 15.9 Å². The Morgan fingerprint density at radius 3 is 2.78 bits per heavy atom. The van der Waals surface area contributed by atoms with Crippen molar-refractivity contribution in [1.82, 2.24) is 5.32 Å². The molecule has 3 N–H and O–H groups in total. The van der Waals surface area contributed by atoms with E-state index in [9.17, 15) is 0 Å². The van der Waals surface area contributed by atoms with Gasteiger partial charge < -0.3 is 20.5 Å². The first-order valence-corrected chi connectivity index (χ1v) is 6.91. The largest absolute Gasteiger partial charge is 0.490 e. The number of nitrogens with two attached hydrogens (primary N) is 1. The zero-order valence-electron chi connectivity index (χ0n) is 10.7. The van der Waals surface area contributed by atoms with Crippen LogP contribution in [0.5, 0.6) is 5.75 Å². The molecule has 0 unspecified atom stereocenters. The fourth-order valence-electron chi connectivity index (χ4n) is 1.41. The van der Waals surface area contributed by atoms with Gasteiger partial charge in [-0.05, 0) is 40.5 Å². The molecule has 0 aromatic heterocycles. The summed E-state index contributed by atoms with van der Waals surface area (Å²) in [4.78, 5) is 0. The van der Waals surface area contributed by atoms with Gasteiger partial charge in [0.15, 0.2) is 0 Å². The Kier molecular flexibility index (Phi) is 8.00. The minimum Gasteiger partial charge on any atom is -0.490 e. The summed E-state index contributed by atoms with van der Waals surface area (Å²) in [5, 5.41) is 3.16. The van der Waals surface area contributed by atoms with Crippen LogP contribution in [0.2, 0.25) is 0 Å². The summed E-state index contributed by atoms with van der Waals surface area (Å²) >= 11 is 3.47. The monoisotopic (exact) mass is 316 g/mol. The van der Waals surface area contributed by atoms with Gasteiger partial charge in [-0.2, -0.15) is 0 Å². The molecule has 0 bridgehead atoms. The highest BCUT2D eigenvalue weighted by Crippen LogP contribution is 2.25. The molecule has 102 valence electrons. The second kappa shape index (κ2) is 9.33. The van der Waals surface area contributed by atoms with Gasteiger partial charge in [-0.3, -0.25) is 0 Å². The van der Waals surface area contributed by atoms with E-state index in [4.69, 9.17) is 15.2 Å². The Labute approximate surface area is 117 Å². The molecule has 0 atom stereocenters. The molecule has 0 saturated carbocycles. The van der Waals surface area contributed by atoms with Crippen LogP contribution in [0.25, 0.3) is 0 Å². The minimum atomic E-state index is 0.554. The number of hydrogen-bond donors (Lipinski definition) is 2. The lowest BCUT2D eigenvalue weighted by Gasteiger charge is -2.09. The number of hydrogen-bond acceptors (Lipinski definition) is 4. The number of halogens is 1. The van der Waals surface area contributed by atoms with E-state index in [0.717, 1.165) is 23.3 Å². The minimum absolute atomic E-state index is 0.554. The van der Waals surface area contributed by atoms with E-state index in [0.29, 0.717) is 26.4 Å². The van der Waals surface area contributed by atoms with Crippen LogP contribution in [0.3, 0.4) is 0 Å². The molecule has 0 aliphatic carbocycles. The fourth-order valence-corrected chi connectivity index (χ4v) is 2.01. The van der Waals surface area contributed by atoms with Crippen LogP contribution in [-0.4, -0.2) is 39.5 Å². The maximum absolute atomic E-state index is 5.61. The third kappa shape index (κ3) is 6.35. The molecule has 1 aromatic carbocycles. The van der Waals surface area contributed by atoms with E-state index in [1.807, 2.05) is 25.1 Å². The molecule has 0 aliphatic heterocycles. The van der Waals surface area contributed by atoms with Crippen molar-refractivity contribution in [3.63, 3.8) is 0 Å². The van der Waals surface area contributed by atoms with E-state index in [2.05, 4.69) is 21.2 Å². The highest BCUT2D eigenvalue weighted by atomic mass is 79.9. The number of aryl methyl sites for hydroxylation is 1. The molecular formula is C13H21BrN2O2. The Morgan fingerprint density at radius 2 is 2.06 bits per heavy atom. The zero-order valence-corrected chi connectivity index (χ0v) is 12.3. The molecule has 4 nitrogen and oxygen atoms in total. The van der Waals surface area contributed by atoms with Gasteiger partial charge in [-0.1, -0.05) is 6.07 Å². The molecular weight excluding hydrogens is 296 g/mol. The molecule has 1 aromatic rings. The molecule has 1 rings (SSSR count). The average molecular weight is 317 g/mol. The molecule has 0 heterocycles. The Morgan fingerprint density at radius 1 is 1.22 bits per heavy atom. The fraction of sp³-hybridized carbons (Fsp3) is 0.538. The van der Waals surface area contributed by atoms with Crippen molar-refractivity contribution in [3.8, 4) is 5.75 Å². The summed E-state index contributed by atoms with van der Waals surface area (Å²) in [7, 11) is 0. The van der Waals surface area contributed by atoms with Crippen molar-refractivity contribution < 1.29 is 9.47 Å². The van der Waals surface area contributed by atoms with Crippen molar-refractivity contribution in [1.29, 1.82) is 0 Å². The van der Waals surface area contributed by atoms with Crippen molar-refractivity contribution in [2.75, 3.05) is 39.5 Å².